The zero-order chi connectivity index (χ0) is 33.4. The lowest BCUT2D eigenvalue weighted by Crippen LogP contribution is -2.60. The lowest BCUT2D eigenvalue weighted by Gasteiger charge is -2.64. The molecule has 7 unspecified atom stereocenters. The van der Waals surface area contributed by atoms with Gasteiger partial charge in [-0.15, -0.1) is 0 Å². The van der Waals surface area contributed by atoms with Crippen molar-refractivity contribution in [2.75, 3.05) is 19.7 Å². The van der Waals surface area contributed by atoms with Crippen LogP contribution >= 0.6 is 0 Å². The summed E-state index contributed by atoms with van der Waals surface area (Å²) in [4.78, 5) is 6.66. The van der Waals surface area contributed by atoms with E-state index in [1.54, 1.807) is 20.1 Å². The molecule has 9 nitrogen and oxygen atoms in total. The topological polar surface area (TPSA) is 118 Å². The highest BCUT2D eigenvalue weighted by Crippen LogP contribution is 2.89. The predicted octanol–water partition coefficient (Wildman–Crippen LogP) is 5.16. The number of nitrogens with zero attached hydrogens (tertiary/aromatic N) is 2. The van der Waals surface area contributed by atoms with Gasteiger partial charge in [0.15, 0.2) is 12.7 Å². The number of aliphatic hydroxyl groups excluding tert-OH is 2. The Morgan fingerprint density at radius 1 is 1.09 bits per heavy atom. The van der Waals surface area contributed by atoms with Crippen LogP contribution in [0, 0.1) is 50.7 Å². The van der Waals surface area contributed by atoms with Gasteiger partial charge in [-0.1, -0.05) is 34.6 Å². The lowest BCUT2D eigenvalue weighted by molar-refractivity contribution is -0.249. The zero-order valence-electron chi connectivity index (χ0n) is 29.8. The molecular weight excluding hydrogens is 596 g/mol. The molecule has 2 saturated heterocycles. The molecule has 1 aromatic heterocycles. The van der Waals surface area contributed by atoms with Gasteiger partial charge in [-0.2, -0.15) is 0 Å². The normalized spacial score (nSPS) is 51.2. The first-order valence-electron chi connectivity index (χ1n) is 18.7. The predicted molar refractivity (Wildman–Crippen MR) is 175 cm³/mol. The van der Waals surface area contributed by atoms with Crippen LogP contribution in [0.25, 0.3) is 0 Å². The van der Waals surface area contributed by atoms with Crippen molar-refractivity contribution in [3.63, 3.8) is 0 Å². The molecule has 5 saturated carbocycles. The highest BCUT2D eigenvalue weighted by atomic mass is 16.7. The van der Waals surface area contributed by atoms with E-state index in [9.17, 15) is 15.3 Å². The Morgan fingerprint density at radius 3 is 2.55 bits per heavy atom. The Morgan fingerprint density at radius 2 is 1.83 bits per heavy atom. The van der Waals surface area contributed by atoms with E-state index in [1.165, 1.54) is 32.1 Å². The first-order chi connectivity index (χ1) is 22.1. The van der Waals surface area contributed by atoms with Gasteiger partial charge in [0, 0.05) is 18.5 Å². The highest BCUT2D eigenvalue weighted by Gasteiger charge is 2.84. The molecular formula is C38H60N2O7. The molecule has 0 bridgehead atoms. The summed E-state index contributed by atoms with van der Waals surface area (Å²) in [6.45, 7) is 18.4. The van der Waals surface area contributed by atoms with Crippen LogP contribution in [0.15, 0.2) is 17.1 Å². The van der Waals surface area contributed by atoms with Gasteiger partial charge in [-0.05, 0) is 111 Å². The van der Waals surface area contributed by atoms with Crippen molar-refractivity contribution < 1.29 is 33.9 Å². The molecule has 8 rings (SSSR count). The van der Waals surface area contributed by atoms with Crippen molar-refractivity contribution in [2.24, 2.45) is 50.7 Å². The van der Waals surface area contributed by atoms with Crippen LogP contribution in [-0.2, 0) is 20.8 Å². The molecule has 3 heterocycles. The smallest absolute Gasteiger partial charge is 0.180 e. The Hall–Kier alpha value is -1.07. The van der Waals surface area contributed by atoms with Crippen molar-refractivity contribution in [3.05, 3.63) is 18.4 Å². The minimum absolute atomic E-state index is 0.0281. The Kier molecular flexibility index (Phi) is 7.55. The summed E-state index contributed by atoms with van der Waals surface area (Å²) in [5.41, 5.74) is 0.0318. The first-order valence-corrected chi connectivity index (χ1v) is 18.7. The monoisotopic (exact) mass is 656 g/mol. The molecule has 3 N–H and O–H groups in total. The van der Waals surface area contributed by atoms with Gasteiger partial charge in [0.05, 0.1) is 48.9 Å². The van der Waals surface area contributed by atoms with Crippen LogP contribution in [0.4, 0.5) is 0 Å². The van der Waals surface area contributed by atoms with Gasteiger partial charge in [0.2, 0.25) is 0 Å². The van der Waals surface area contributed by atoms with E-state index in [0.717, 1.165) is 44.6 Å². The number of fused-ring (bicyclic) bond motifs is 4. The Balaban J connectivity index is 1.01. The molecule has 9 heteroatoms. The van der Waals surface area contributed by atoms with E-state index in [2.05, 4.69) is 44.5 Å². The lowest BCUT2D eigenvalue weighted by atomic mass is 9.41. The molecule has 7 fully saturated rings. The summed E-state index contributed by atoms with van der Waals surface area (Å²) in [5.74, 6) is 1.60. The third-order valence-electron chi connectivity index (χ3n) is 16.1. The number of hydrogen-bond donors (Lipinski definition) is 3. The number of morpholine rings is 1. The summed E-state index contributed by atoms with van der Waals surface area (Å²) in [6.07, 6.45) is 9.71. The van der Waals surface area contributed by atoms with E-state index >= 15 is 0 Å². The van der Waals surface area contributed by atoms with E-state index in [4.69, 9.17) is 18.6 Å². The van der Waals surface area contributed by atoms with Crippen LogP contribution < -0.4 is 0 Å². The second-order valence-electron chi connectivity index (χ2n) is 18.8. The fourth-order valence-corrected chi connectivity index (χ4v) is 13.8. The fourth-order valence-electron chi connectivity index (χ4n) is 13.8. The van der Waals surface area contributed by atoms with Crippen molar-refractivity contribution in [3.8, 4) is 0 Å². The standard InChI is InChI=1S/C38H60N2O7/c1-22-16-24(31(41)34(4,5)43)46-30-29(22)35(6)12-13-38-20-37(38)11-10-27(33(2,3)25(37)8-9-26(38)36(35,7)32(30)42)47-28-18-40(14-15-45-28)17-23-19-44-21-39-23/h19,21-22,24-32,41-43H,8-18,20H2,1-7H3/t22-,24?,25?,26?,27+,28+,29+,30?,31+,32+,35?,36-,37?,38?/m1/s1. The van der Waals surface area contributed by atoms with Crippen molar-refractivity contribution in [1.82, 2.24) is 9.88 Å². The molecule has 47 heavy (non-hydrogen) atoms. The molecule has 14 atom stereocenters. The van der Waals surface area contributed by atoms with Gasteiger partial charge >= 0.3 is 0 Å². The van der Waals surface area contributed by atoms with Gasteiger partial charge < -0.3 is 33.9 Å². The molecule has 264 valence electrons. The maximum atomic E-state index is 12.4. The average molecular weight is 657 g/mol. The molecule has 0 amide bonds. The number of aliphatic hydroxyl groups is 3. The van der Waals surface area contributed by atoms with E-state index in [1.807, 2.05) is 0 Å². The Labute approximate surface area is 281 Å². The summed E-state index contributed by atoms with van der Waals surface area (Å²) >= 11 is 0. The summed E-state index contributed by atoms with van der Waals surface area (Å²) < 4.78 is 25.0. The first kappa shape index (κ1) is 33.1. The summed E-state index contributed by atoms with van der Waals surface area (Å²) in [6, 6.07) is 0. The maximum absolute atomic E-state index is 12.4. The number of hydrogen-bond acceptors (Lipinski definition) is 9. The SMILES string of the molecule is C[C@@H]1CC([C@H](O)C(C)(C)O)OC2[C@H]1C1(C)CCC34CC35CC[C@H](O[C@H]3CN(Cc6cocn6)CCO3)C(C)(C)C5CCC4[C@]1(C)[C@H]2O. The molecule has 5 aliphatic carbocycles. The number of rotatable bonds is 6. The van der Waals surface area contributed by atoms with Crippen molar-refractivity contribution >= 4 is 0 Å². The molecule has 7 aliphatic rings. The van der Waals surface area contributed by atoms with Crippen LogP contribution in [0.5, 0.6) is 0 Å². The Bertz CT molecular complexity index is 1330. The molecule has 0 radical (unpaired) electrons. The molecule has 2 spiro atoms. The largest absolute Gasteiger partial charge is 0.451 e. The fraction of sp³-hybridized carbons (Fsp3) is 0.921. The third-order valence-corrected chi connectivity index (χ3v) is 16.1. The minimum atomic E-state index is -1.25. The van der Waals surface area contributed by atoms with Crippen LogP contribution in [0.3, 0.4) is 0 Å². The average Bonchev–Trinajstić information content (AvgIpc) is 3.30. The second-order valence-corrected chi connectivity index (χ2v) is 18.8. The number of ether oxygens (including phenoxy) is 3. The minimum Gasteiger partial charge on any atom is -0.451 e. The summed E-state index contributed by atoms with van der Waals surface area (Å²) in [7, 11) is 0. The van der Waals surface area contributed by atoms with Crippen molar-refractivity contribution in [2.45, 2.75) is 149 Å². The van der Waals surface area contributed by atoms with E-state index in [-0.39, 0.29) is 46.1 Å². The van der Waals surface area contributed by atoms with Crippen molar-refractivity contribution in [1.29, 1.82) is 0 Å². The van der Waals surface area contributed by atoms with Gasteiger partial charge in [0.25, 0.3) is 0 Å². The maximum Gasteiger partial charge on any atom is 0.180 e. The number of aromatic nitrogens is 1. The molecule has 1 aromatic rings. The highest BCUT2D eigenvalue weighted by molar-refractivity contribution is 5.33. The van der Waals surface area contributed by atoms with Gasteiger partial charge in [-0.3, -0.25) is 4.90 Å². The zero-order valence-corrected chi connectivity index (χ0v) is 29.8. The molecule has 0 aromatic carbocycles. The molecule has 2 aliphatic heterocycles. The second kappa shape index (κ2) is 10.7. The number of oxazole rings is 1. The van der Waals surface area contributed by atoms with E-state index < -0.39 is 23.9 Å². The quantitative estimate of drug-likeness (QED) is 0.382. The van der Waals surface area contributed by atoms with Crippen LogP contribution in [0.2, 0.25) is 0 Å². The van der Waals surface area contributed by atoms with Gasteiger partial charge in [0.1, 0.15) is 12.4 Å². The van der Waals surface area contributed by atoms with Crippen LogP contribution in [0.1, 0.15) is 106 Å². The van der Waals surface area contributed by atoms with Gasteiger partial charge in [-0.25, -0.2) is 4.98 Å². The van der Waals surface area contributed by atoms with Crippen LogP contribution in [-0.4, -0.2) is 87.3 Å². The van der Waals surface area contributed by atoms with E-state index in [0.29, 0.717) is 36.2 Å². The summed E-state index contributed by atoms with van der Waals surface area (Å²) in [5, 5.41) is 34.1. The third kappa shape index (κ3) is 4.48.